The molecule has 6 aromatic rings. The monoisotopic (exact) mass is 895 g/mol. The Labute approximate surface area is 389 Å². The van der Waals surface area contributed by atoms with Gasteiger partial charge in [-0.1, -0.05) is 84.6 Å². The number of amides is 2. The van der Waals surface area contributed by atoms with Gasteiger partial charge in [-0.15, -0.1) is 0 Å². The molecule has 67 heavy (non-hydrogen) atoms. The van der Waals surface area contributed by atoms with Crippen LogP contribution >= 0.6 is 0 Å². The molecule has 12 heteroatoms. The number of aliphatic hydroxyl groups excluding tert-OH is 1. The van der Waals surface area contributed by atoms with E-state index in [1.165, 1.54) is 0 Å². The van der Waals surface area contributed by atoms with Crippen molar-refractivity contribution in [2.24, 2.45) is 5.92 Å². The molecule has 0 bridgehead atoms. The van der Waals surface area contributed by atoms with Gasteiger partial charge >= 0.3 is 5.97 Å². The van der Waals surface area contributed by atoms with E-state index < -0.39 is 47.4 Å². The van der Waals surface area contributed by atoms with Crippen LogP contribution in [0.25, 0.3) is 0 Å². The highest BCUT2D eigenvalue weighted by molar-refractivity contribution is 6.12. The van der Waals surface area contributed by atoms with Crippen LogP contribution in [0.15, 0.2) is 140 Å². The number of morpholine rings is 1. The van der Waals surface area contributed by atoms with E-state index in [1.54, 1.807) is 38.4 Å². The maximum atomic E-state index is 16.2. The van der Waals surface area contributed by atoms with Gasteiger partial charge in [-0.05, 0) is 107 Å². The van der Waals surface area contributed by atoms with Crippen molar-refractivity contribution in [1.82, 2.24) is 9.80 Å². The molecule has 0 radical (unpaired) electrons. The zero-order valence-electron chi connectivity index (χ0n) is 37.3. The maximum absolute atomic E-state index is 16.2. The first-order valence-corrected chi connectivity index (χ1v) is 22.3. The summed E-state index contributed by atoms with van der Waals surface area (Å²) >= 11 is 0. The van der Waals surface area contributed by atoms with Crippen LogP contribution in [0.2, 0.25) is 0 Å². The van der Waals surface area contributed by atoms with Crippen molar-refractivity contribution in [3.63, 3.8) is 0 Å². The molecule has 4 aliphatic heterocycles. The van der Waals surface area contributed by atoms with E-state index in [4.69, 9.17) is 23.7 Å². The number of esters is 1. The van der Waals surface area contributed by atoms with E-state index in [9.17, 15) is 5.11 Å². The van der Waals surface area contributed by atoms with Gasteiger partial charge in [0.2, 0.25) is 11.8 Å². The lowest BCUT2D eigenvalue weighted by molar-refractivity contribution is -0.179. The third-order valence-electron chi connectivity index (χ3n) is 13.6. The lowest BCUT2D eigenvalue weighted by atomic mass is 9.65. The van der Waals surface area contributed by atoms with E-state index >= 15 is 14.4 Å². The minimum atomic E-state index is -1.71. The second-order valence-electron chi connectivity index (χ2n) is 17.1. The molecule has 2 amide bonds. The van der Waals surface area contributed by atoms with E-state index in [0.29, 0.717) is 58.3 Å². The second-order valence-corrected chi connectivity index (χ2v) is 17.1. The summed E-state index contributed by atoms with van der Waals surface area (Å²) in [4.78, 5) is 51.2. The molecule has 10 rings (SSSR count). The molecule has 0 aliphatic carbocycles. The van der Waals surface area contributed by atoms with Crippen LogP contribution in [-0.4, -0.2) is 79.8 Å². The maximum Gasteiger partial charge on any atom is 0.324 e. The number of benzene rings is 6. The Morgan fingerprint density at radius 3 is 2.04 bits per heavy atom. The van der Waals surface area contributed by atoms with Crippen molar-refractivity contribution in [3.8, 4) is 34.8 Å². The van der Waals surface area contributed by atoms with Crippen molar-refractivity contribution in [2.75, 3.05) is 46.4 Å². The predicted molar refractivity (Wildman–Crippen MR) is 250 cm³/mol. The molecule has 338 valence electrons. The number of nitrogens with one attached hydrogen (secondary N) is 1. The van der Waals surface area contributed by atoms with E-state index in [2.05, 4.69) is 22.1 Å². The highest BCUT2D eigenvalue weighted by Crippen LogP contribution is 2.65. The van der Waals surface area contributed by atoms with Gasteiger partial charge in [0, 0.05) is 29.9 Å². The Bertz CT molecular complexity index is 2900. The Hall–Kier alpha value is -7.59. The van der Waals surface area contributed by atoms with Crippen LogP contribution in [-0.2, 0) is 37.5 Å². The third kappa shape index (κ3) is 7.50. The fourth-order valence-electron chi connectivity index (χ4n) is 10.6. The SMILES string of the molecule is COc1ccc(C#Cc2ccc3c(c2)C2(C(=O)N3)C(C(=O)N3CCc4cc(OC)c(OC)cc4C3)C3C(=O)OC(c4ccccc4)C(c4ccccc4)N3C2c2ccc(OCCO)cc2)cc1. The predicted octanol–water partition coefficient (Wildman–Crippen LogP) is 7.34. The zero-order chi connectivity index (χ0) is 46.2. The Balaban J connectivity index is 1.21. The number of carbonyl (C=O) groups is 3. The number of rotatable bonds is 10. The Morgan fingerprint density at radius 1 is 0.731 bits per heavy atom. The van der Waals surface area contributed by atoms with Crippen molar-refractivity contribution in [1.29, 1.82) is 0 Å². The fraction of sp³-hybridized carbons (Fsp3) is 0.255. The summed E-state index contributed by atoms with van der Waals surface area (Å²) in [5.74, 6) is 6.26. The number of nitrogens with zero attached hydrogens (tertiary/aromatic N) is 2. The molecular weight excluding hydrogens is 847 g/mol. The average molecular weight is 896 g/mol. The molecule has 4 aliphatic rings. The lowest BCUT2D eigenvalue weighted by Crippen LogP contribution is -2.56. The van der Waals surface area contributed by atoms with Gasteiger partial charge in [-0.2, -0.15) is 0 Å². The molecule has 0 saturated carbocycles. The number of aliphatic hydroxyl groups is 1. The van der Waals surface area contributed by atoms with Gasteiger partial charge in [0.15, 0.2) is 11.5 Å². The van der Waals surface area contributed by atoms with Crippen molar-refractivity contribution >= 4 is 23.5 Å². The minimum Gasteiger partial charge on any atom is -0.497 e. The van der Waals surface area contributed by atoms with Gasteiger partial charge in [-0.25, -0.2) is 0 Å². The first-order valence-electron chi connectivity index (χ1n) is 22.3. The summed E-state index contributed by atoms with van der Waals surface area (Å²) in [6.07, 6.45) is -0.308. The number of methoxy groups -OCH3 is 3. The van der Waals surface area contributed by atoms with Crippen LogP contribution in [0.4, 0.5) is 5.69 Å². The molecule has 12 nitrogen and oxygen atoms in total. The summed E-state index contributed by atoms with van der Waals surface area (Å²) in [6.45, 7) is 0.456. The van der Waals surface area contributed by atoms with Crippen molar-refractivity contribution in [3.05, 3.63) is 184 Å². The van der Waals surface area contributed by atoms with E-state index in [0.717, 1.165) is 27.8 Å². The number of carbonyl (C=O) groups excluding carboxylic acids is 3. The first kappa shape index (κ1) is 43.3. The fourth-order valence-corrected chi connectivity index (χ4v) is 10.6. The smallest absolute Gasteiger partial charge is 0.324 e. The topological polar surface area (TPSA) is 136 Å². The largest absolute Gasteiger partial charge is 0.497 e. The number of hydrogen-bond donors (Lipinski definition) is 2. The van der Waals surface area contributed by atoms with Gasteiger partial charge < -0.3 is 39.0 Å². The van der Waals surface area contributed by atoms with Crippen LogP contribution in [0.5, 0.6) is 23.0 Å². The lowest BCUT2D eigenvalue weighted by Gasteiger charge is -2.46. The zero-order valence-corrected chi connectivity index (χ0v) is 37.3. The average Bonchev–Trinajstić information content (AvgIpc) is 3.85. The highest BCUT2D eigenvalue weighted by atomic mass is 16.6. The summed E-state index contributed by atoms with van der Waals surface area (Å²) in [6, 6.07) is 40.8. The molecule has 2 fully saturated rings. The van der Waals surface area contributed by atoms with Crippen molar-refractivity contribution < 1.29 is 43.2 Å². The van der Waals surface area contributed by atoms with Crippen LogP contribution in [0.3, 0.4) is 0 Å². The number of ether oxygens (including phenoxy) is 5. The Morgan fingerprint density at radius 2 is 1.37 bits per heavy atom. The van der Waals surface area contributed by atoms with Gasteiger partial charge in [0.25, 0.3) is 0 Å². The standard InChI is InChI=1S/C55H49N3O9/c1-63-41-21-16-34(17-22-41)14-15-35-18-25-44-43(30-35)55(54(62)56-44)47(52(60)57-27-26-39-31-45(64-2)46(65-3)32-40(39)33-57)49-53(61)67-50(37-12-8-5-9-13-37)48(36-10-6-4-7-11-36)58(49)51(55)38-19-23-42(24-20-38)66-29-28-59/h4-13,16-25,30-32,47-51,59H,26-29,33H2,1-3H3,(H,56,62). The molecule has 6 atom stereocenters. The molecule has 6 unspecified atom stereocenters. The quantitative estimate of drug-likeness (QED) is 0.106. The normalized spacial score (nSPS) is 22.6. The number of cyclic esters (lactones) is 1. The first-order chi connectivity index (χ1) is 32.8. The van der Waals surface area contributed by atoms with E-state index in [-0.39, 0.29) is 25.7 Å². The van der Waals surface area contributed by atoms with Crippen molar-refractivity contribution in [2.45, 2.75) is 42.6 Å². The molecular formula is C55H49N3O9. The summed E-state index contributed by atoms with van der Waals surface area (Å²) in [5, 5.41) is 12.8. The molecule has 1 spiro atoms. The Kier molecular flexibility index (Phi) is 11.6. The molecule has 0 aromatic heterocycles. The second kappa shape index (κ2) is 18.0. The number of fused-ring (bicyclic) bond motifs is 4. The molecule has 6 aromatic carbocycles. The summed E-state index contributed by atoms with van der Waals surface area (Å²) < 4.78 is 29.1. The molecule has 4 heterocycles. The molecule has 2 saturated heterocycles. The molecule has 2 N–H and O–H groups in total. The van der Waals surface area contributed by atoms with Gasteiger partial charge in [0.05, 0.1) is 45.9 Å². The third-order valence-corrected chi connectivity index (χ3v) is 13.6. The van der Waals surface area contributed by atoms with Crippen LogP contribution in [0.1, 0.15) is 62.7 Å². The van der Waals surface area contributed by atoms with Gasteiger partial charge in [-0.3, -0.25) is 19.3 Å². The van der Waals surface area contributed by atoms with Crippen LogP contribution in [0, 0.1) is 17.8 Å². The number of hydrogen-bond acceptors (Lipinski definition) is 10. The van der Waals surface area contributed by atoms with E-state index in [1.807, 2.05) is 127 Å². The van der Waals surface area contributed by atoms with Crippen LogP contribution < -0.4 is 24.3 Å². The summed E-state index contributed by atoms with van der Waals surface area (Å²) in [7, 11) is 4.78. The highest BCUT2D eigenvalue weighted by Gasteiger charge is 2.74. The summed E-state index contributed by atoms with van der Waals surface area (Å²) in [5.41, 5.74) is 4.92. The van der Waals surface area contributed by atoms with Gasteiger partial charge in [0.1, 0.15) is 35.7 Å². The number of anilines is 1. The minimum absolute atomic E-state index is 0.0892.